The van der Waals surface area contributed by atoms with E-state index < -0.39 is 5.60 Å². The lowest BCUT2D eigenvalue weighted by Crippen LogP contribution is -2.43. The summed E-state index contributed by atoms with van der Waals surface area (Å²) in [6, 6.07) is 0.624. The lowest BCUT2D eigenvalue weighted by Gasteiger charge is -2.27. The summed E-state index contributed by atoms with van der Waals surface area (Å²) in [5.74, 6) is 3.03. The molecule has 0 amide bonds. The maximum atomic E-state index is 10.1. The quantitative estimate of drug-likeness (QED) is 0.737. The second-order valence-electron chi connectivity index (χ2n) is 5.04. The van der Waals surface area contributed by atoms with E-state index in [2.05, 4.69) is 19.2 Å². The van der Waals surface area contributed by atoms with Gasteiger partial charge in [0.15, 0.2) is 0 Å². The predicted molar refractivity (Wildman–Crippen MR) is 63.8 cm³/mol. The summed E-state index contributed by atoms with van der Waals surface area (Å²) in [4.78, 5) is 0. The lowest BCUT2D eigenvalue weighted by atomic mass is 9.94. The fourth-order valence-electron chi connectivity index (χ4n) is 2.01. The van der Waals surface area contributed by atoms with Crippen LogP contribution in [0.5, 0.6) is 0 Å². The third-order valence-corrected chi connectivity index (χ3v) is 3.71. The SMILES string of the molecule is CC(C)CC(C)(O)CNC1CCSC1. The van der Waals surface area contributed by atoms with Gasteiger partial charge < -0.3 is 10.4 Å². The van der Waals surface area contributed by atoms with Crippen LogP contribution in [0.2, 0.25) is 0 Å². The summed E-state index contributed by atoms with van der Waals surface area (Å²) < 4.78 is 0. The van der Waals surface area contributed by atoms with Crippen LogP contribution in [-0.2, 0) is 0 Å². The molecule has 0 radical (unpaired) electrons. The molecular formula is C11H23NOS. The fraction of sp³-hybridized carbons (Fsp3) is 1.00. The zero-order valence-electron chi connectivity index (χ0n) is 9.55. The monoisotopic (exact) mass is 217 g/mol. The molecule has 2 unspecified atom stereocenters. The van der Waals surface area contributed by atoms with Crippen molar-refractivity contribution < 1.29 is 5.11 Å². The Balaban J connectivity index is 2.20. The van der Waals surface area contributed by atoms with Gasteiger partial charge in [-0.15, -0.1) is 0 Å². The minimum Gasteiger partial charge on any atom is -0.389 e. The molecule has 1 saturated heterocycles. The van der Waals surface area contributed by atoms with Crippen molar-refractivity contribution in [1.29, 1.82) is 0 Å². The molecular weight excluding hydrogens is 194 g/mol. The number of thioether (sulfide) groups is 1. The van der Waals surface area contributed by atoms with E-state index in [1.54, 1.807) is 0 Å². The van der Waals surface area contributed by atoms with Gasteiger partial charge in [-0.05, 0) is 31.4 Å². The van der Waals surface area contributed by atoms with E-state index in [1.165, 1.54) is 17.9 Å². The molecule has 84 valence electrons. The topological polar surface area (TPSA) is 32.3 Å². The Labute approximate surface area is 91.9 Å². The molecule has 1 heterocycles. The van der Waals surface area contributed by atoms with E-state index in [1.807, 2.05) is 18.7 Å². The van der Waals surface area contributed by atoms with Crippen molar-refractivity contribution >= 4 is 11.8 Å². The Morgan fingerprint density at radius 1 is 1.57 bits per heavy atom. The third kappa shape index (κ3) is 4.67. The minimum absolute atomic E-state index is 0.540. The number of hydrogen-bond acceptors (Lipinski definition) is 3. The van der Waals surface area contributed by atoms with Crippen LogP contribution < -0.4 is 5.32 Å². The van der Waals surface area contributed by atoms with Crippen LogP contribution in [-0.4, -0.2) is 34.8 Å². The predicted octanol–water partition coefficient (Wildman–Crippen LogP) is 1.88. The highest BCUT2D eigenvalue weighted by Crippen LogP contribution is 2.19. The van der Waals surface area contributed by atoms with E-state index >= 15 is 0 Å². The van der Waals surface area contributed by atoms with Crippen LogP contribution in [0.3, 0.4) is 0 Å². The molecule has 0 aromatic heterocycles. The Morgan fingerprint density at radius 3 is 2.79 bits per heavy atom. The Kier molecular flexibility index (Phi) is 4.74. The van der Waals surface area contributed by atoms with Gasteiger partial charge in [0.2, 0.25) is 0 Å². The van der Waals surface area contributed by atoms with Gasteiger partial charge in [0, 0.05) is 18.3 Å². The molecule has 0 saturated carbocycles. The second kappa shape index (κ2) is 5.38. The van der Waals surface area contributed by atoms with Crippen LogP contribution >= 0.6 is 11.8 Å². The number of rotatable bonds is 5. The summed E-state index contributed by atoms with van der Waals surface area (Å²) in [6.07, 6.45) is 2.13. The van der Waals surface area contributed by atoms with Crippen molar-refractivity contribution in [2.24, 2.45) is 5.92 Å². The van der Waals surface area contributed by atoms with E-state index in [0.717, 1.165) is 13.0 Å². The molecule has 0 bridgehead atoms. The van der Waals surface area contributed by atoms with Crippen molar-refractivity contribution in [3.05, 3.63) is 0 Å². The van der Waals surface area contributed by atoms with Gasteiger partial charge in [0.05, 0.1) is 5.60 Å². The maximum absolute atomic E-state index is 10.1. The van der Waals surface area contributed by atoms with Crippen molar-refractivity contribution in [3.63, 3.8) is 0 Å². The first-order valence-electron chi connectivity index (χ1n) is 5.53. The summed E-state index contributed by atoms with van der Waals surface area (Å²) in [7, 11) is 0. The van der Waals surface area contributed by atoms with E-state index in [0.29, 0.717) is 12.0 Å². The molecule has 2 atom stereocenters. The molecule has 1 aliphatic heterocycles. The standard InChI is InChI=1S/C11H23NOS/c1-9(2)6-11(3,13)8-12-10-4-5-14-7-10/h9-10,12-13H,4-8H2,1-3H3. The zero-order valence-corrected chi connectivity index (χ0v) is 10.4. The molecule has 0 aliphatic carbocycles. The lowest BCUT2D eigenvalue weighted by molar-refractivity contribution is 0.0366. The summed E-state index contributed by atoms with van der Waals surface area (Å²) in [5.41, 5.74) is -0.540. The first-order valence-corrected chi connectivity index (χ1v) is 6.68. The highest BCUT2D eigenvalue weighted by molar-refractivity contribution is 7.99. The van der Waals surface area contributed by atoms with E-state index in [-0.39, 0.29) is 0 Å². The molecule has 1 fully saturated rings. The Bertz CT molecular complexity index is 165. The summed E-state index contributed by atoms with van der Waals surface area (Å²) >= 11 is 2.00. The highest BCUT2D eigenvalue weighted by atomic mass is 32.2. The highest BCUT2D eigenvalue weighted by Gasteiger charge is 2.24. The molecule has 3 heteroatoms. The van der Waals surface area contributed by atoms with E-state index in [4.69, 9.17) is 0 Å². The third-order valence-electron chi connectivity index (χ3n) is 2.55. The average Bonchev–Trinajstić information content (AvgIpc) is 2.50. The normalized spacial score (nSPS) is 26.8. The molecule has 2 N–H and O–H groups in total. The molecule has 1 rings (SSSR count). The number of hydrogen-bond donors (Lipinski definition) is 2. The number of aliphatic hydroxyl groups is 1. The van der Waals surface area contributed by atoms with Crippen LogP contribution in [0, 0.1) is 5.92 Å². The van der Waals surface area contributed by atoms with Gasteiger partial charge in [0.1, 0.15) is 0 Å². The number of nitrogens with one attached hydrogen (secondary N) is 1. The van der Waals surface area contributed by atoms with Crippen molar-refractivity contribution in [3.8, 4) is 0 Å². The molecule has 1 aliphatic rings. The van der Waals surface area contributed by atoms with E-state index in [9.17, 15) is 5.11 Å². The van der Waals surface area contributed by atoms with Gasteiger partial charge in [-0.2, -0.15) is 11.8 Å². The molecule has 0 aromatic rings. The Hall–Kier alpha value is 0.270. The van der Waals surface area contributed by atoms with Gasteiger partial charge in [-0.3, -0.25) is 0 Å². The van der Waals surface area contributed by atoms with Gasteiger partial charge in [-0.1, -0.05) is 13.8 Å². The molecule has 0 aromatic carbocycles. The molecule has 0 spiro atoms. The van der Waals surface area contributed by atoms with Crippen LogP contribution in [0.15, 0.2) is 0 Å². The van der Waals surface area contributed by atoms with Crippen molar-refractivity contribution in [1.82, 2.24) is 5.32 Å². The molecule has 14 heavy (non-hydrogen) atoms. The van der Waals surface area contributed by atoms with Gasteiger partial charge in [0.25, 0.3) is 0 Å². The van der Waals surface area contributed by atoms with Crippen LogP contribution in [0.1, 0.15) is 33.6 Å². The zero-order chi connectivity index (χ0) is 10.6. The van der Waals surface area contributed by atoms with Crippen molar-refractivity contribution in [2.75, 3.05) is 18.1 Å². The maximum Gasteiger partial charge on any atom is 0.0746 e. The average molecular weight is 217 g/mol. The second-order valence-corrected chi connectivity index (χ2v) is 6.19. The molecule has 2 nitrogen and oxygen atoms in total. The van der Waals surface area contributed by atoms with Gasteiger partial charge in [-0.25, -0.2) is 0 Å². The van der Waals surface area contributed by atoms with Crippen LogP contribution in [0.25, 0.3) is 0 Å². The van der Waals surface area contributed by atoms with Crippen LogP contribution in [0.4, 0.5) is 0 Å². The summed E-state index contributed by atoms with van der Waals surface area (Å²) in [5, 5.41) is 13.5. The first kappa shape index (κ1) is 12.3. The first-order chi connectivity index (χ1) is 6.49. The summed E-state index contributed by atoms with van der Waals surface area (Å²) in [6.45, 7) is 6.97. The van der Waals surface area contributed by atoms with Gasteiger partial charge >= 0.3 is 0 Å². The largest absolute Gasteiger partial charge is 0.389 e. The van der Waals surface area contributed by atoms with Crippen molar-refractivity contribution in [2.45, 2.75) is 45.3 Å². The fourth-order valence-corrected chi connectivity index (χ4v) is 3.20. The smallest absolute Gasteiger partial charge is 0.0746 e. The minimum atomic E-state index is -0.540. The Morgan fingerprint density at radius 2 is 2.29 bits per heavy atom.